The standard InChI is InChI=1S/C22H28O2/c1-4-14-11-19-18-8-6-15-10-16(23)7-9-17(15)20(18)13(3)12-22(19,5-2)21(14)24/h1,10,14,17-21,24H,3,5-9,11-12H2,2H3. The summed E-state index contributed by atoms with van der Waals surface area (Å²) in [6.45, 7) is 6.68. The third-order valence-corrected chi connectivity index (χ3v) is 7.82. The van der Waals surface area contributed by atoms with Gasteiger partial charge in [0.1, 0.15) is 0 Å². The van der Waals surface area contributed by atoms with E-state index in [9.17, 15) is 9.90 Å². The summed E-state index contributed by atoms with van der Waals surface area (Å²) in [7, 11) is 0. The van der Waals surface area contributed by atoms with Crippen molar-refractivity contribution in [3.8, 4) is 12.3 Å². The van der Waals surface area contributed by atoms with Gasteiger partial charge in [-0.1, -0.05) is 24.6 Å². The van der Waals surface area contributed by atoms with Crippen molar-refractivity contribution in [1.29, 1.82) is 0 Å². The van der Waals surface area contributed by atoms with Crippen molar-refractivity contribution in [2.75, 3.05) is 0 Å². The van der Waals surface area contributed by atoms with Crippen LogP contribution in [-0.2, 0) is 4.79 Å². The number of allylic oxidation sites excluding steroid dienone is 2. The number of carbonyl (C=O) groups excluding carboxylic acids is 1. The Morgan fingerprint density at radius 3 is 2.92 bits per heavy atom. The zero-order valence-electron chi connectivity index (χ0n) is 14.6. The molecule has 4 aliphatic carbocycles. The van der Waals surface area contributed by atoms with Crippen molar-refractivity contribution in [1.82, 2.24) is 0 Å². The molecule has 4 aliphatic rings. The van der Waals surface area contributed by atoms with Crippen molar-refractivity contribution < 1.29 is 9.90 Å². The molecule has 0 bridgehead atoms. The van der Waals surface area contributed by atoms with E-state index in [4.69, 9.17) is 6.42 Å². The van der Waals surface area contributed by atoms with Gasteiger partial charge in [0.15, 0.2) is 5.78 Å². The summed E-state index contributed by atoms with van der Waals surface area (Å²) in [5.74, 6) is 5.24. The lowest BCUT2D eigenvalue weighted by molar-refractivity contribution is -0.115. The van der Waals surface area contributed by atoms with E-state index in [0.717, 1.165) is 38.5 Å². The predicted octanol–water partition coefficient (Wildman–Crippen LogP) is 3.90. The van der Waals surface area contributed by atoms with Crippen molar-refractivity contribution in [3.63, 3.8) is 0 Å². The highest BCUT2D eigenvalue weighted by molar-refractivity contribution is 5.91. The Hall–Kier alpha value is -1.33. The quantitative estimate of drug-likeness (QED) is 0.586. The summed E-state index contributed by atoms with van der Waals surface area (Å²) in [5, 5.41) is 11.0. The fraction of sp³-hybridized carbons (Fsp3) is 0.682. The summed E-state index contributed by atoms with van der Waals surface area (Å²) in [4.78, 5) is 11.8. The molecule has 0 aromatic heterocycles. The highest BCUT2D eigenvalue weighted by Crippen LogP contribution is 2.65. The van der Waals surface area contributed by atoms with Crippen LogP contribution in [0.2, 0.25) is 0 Å². The molecule has 3 fully saturated rings. The first kappa shape index (κ1) is 16.2. The summed E-state index contributed by atoms with van der Waals surface area (Å²) >= 11 is 0. The average molecular weight is 324 g/mol. The van der Waals surface area contributed by atoms with Gasteiger partial charge in [-0.15, -0.1) is 12.3 Å². The number of hydrogen-bond donors (Lipinski definition) is 1. The van der Waals surface area contributed by atoms with Crippen molar-refractivity contribution in [2.24, 2.45) is 35.0 Å². The molecule has 0 saturated heterocycles. The molecule has 128 valence electrons. The molecule has 0 spiro atoms. The van der Waals surface area contributed by atoms with Crippen LogP contribution in [-0.4, -0.2) is 17.0 Å². The highest BCUT2D eigenvalue weighted by atomic mass is 16.3. The Kier molecular flexibility index (Phi) is 3.77. The molecule has 0 aromatic rings. The Morgan fingerprint density at radius 1 is 1.42 bits per heavy atom. The highest BCUT2D eigenvalue weighted by Gasteiger charge is 2.61. The predicted molar refractivity (Wildman–Crippen MR) is 94.9 cm³/mol. The zero-order valence-corrected chi connectivity index (χ0v) is 14.6. The van der Waals surface area contributed by atoms with Gasteiger partial charge >= 0.3 is 0 Å². The lowest BCUT2D eigenvalue weighted by Crippen LogP contribution is -2.49. The molecular weight excluding hydrogens is 296 g/mol. The molecule has 2 nitrogen and oxygen atoms in total. The number of ketones is 1. The van der Waals surface area contributed by atoms with Gasteiger partial charge in [-0.3, -0.25) is 4.79 Å². The van der Waals surface area contributed by atoms with Gasteiger partial charge in [-0.2, -0.15) is 0 Å². The molecule has 2 heteroatoms. The van der Waals surface area contributed by atoms with E-state index in [1.54, 1.807) is 0 Å². The molecule has 3 saturated carbocycles. The van der Waals surface area contributed by atoms with Crippen LogP contribution in [0.15, 0.2) is 23.8 Å². The van der Waals surface area contributed by atoms with Crippen LogP contribution in [0.25, 0.3) is 0 Å². The number of terminal acetylenes is 1. The first-order chi connectivity index (χ1) is 11.5. The van der Waals surface area contributed by atoms with E-state index in [1.807, 2.05) is 6.08 Å². The summed E-state index contributed by atoms with van der Waals surface area (Å²) in [5.41, 5.74) is 2.60. The van der Waals surface area contributed by atoms with Crippen molar-refractivity contribution in [2.45, 2.75) is 58.0 Å². The largest absolute Gasteiger partial charge is 0.391 e. The first-order valence-electron chi connectivity index (χ1n) is 9.57. The van der Waals surface area contributed by atoms with E-state index in [0.29, 0.717) is 35.9 Å². The second-order valence-electron chi connectivity index (χ2n) is 8.54. The van der Waals surface area contributed by atoms with Crippen LogP contribution < -0.4 is 0 Å². The van der Waals surface area contributed by atoms with E-state index in [2.05, 4.69) is 19.4 Å². The van der Waals surface area contributed by atoms with Crippen LogP contribution >= 0.6 is 0 Å². The van der Waals surface area contributed by atoms with E-state index < -0.39 is 0 Å². The van der Waals surface area contributed by atoms with Crippen LogP contribution in [0.5, 0.6) is 0 Å². The lowest BCUT2D eigenvalue weighted by atomic mass is 9.50. The molecule has 0 aliphatic heterocycles. The van der Waals surface area contributed by atoms with E-state index >= 15 is 0 Å². The molecule has 0 aromatic carbocycles. The van der Waals surface area contributed by atoms with Gasteiger partial charge in [0.25, 0.3) is 0 Å². The van der Waals surface area contributed by atoms with Gasteiger partial charge in [-0.25, -0.2) is 0 Å². The molecular formula is C22H28O2. The number of aliphatic hydroxyl groups excluding tert-OH is 1. The Morgan fingerprint density at radius 2 is 2.21 bits per heavy atom. The van der Waals surface area contributed by atoms with Crippen LogP contribution in [0.3, 0.4) is 0 Å². The number of hydrogen-bond acceptors (Lipinski definition) is 2. The smallest absolute Gasteiger partial charge is 0.155 e. The van der Waals surface area contributed by atoms with Crippen LogP contribution in [0.4, 0.5) is 0 Å². The Bertz CT molecular complexity index is 651. The topological polar surface area (TPSA) is 37.3 Å². The minimum absolute atomic E-state index is 0.00799. The number of carbonyl (C=O) groups is 1. The molecule has 0 radical (unpaired) electrons. The molecule has 24 heavy (non-hydrogen) atoms. The normalized spacial score (nSPS) is 47.3. The average Bonchev–Trinajstić information content (AvgIpc) is 2.87. The third-order valence-electron chi connectivity index (χ3n) is 7.82. The fourth-order valence-corrected chi connectivity index (χ4v) is 6.78. The van der Waals surface area contributed by atoms with Crippen LogP contribution in [0, 0.1) is 47.3 Å². The number of aliphatic hydroxyl groups is 1. The number of fused-ring (bicyclic) bond motifs is 5. The van der Waals surface area contributed by atoms with Crippen molar-refractivity contribution in [3.05, 3.63) is 23.8 Å². The zero-order chi connectivity index (χ0) is 17.1. The molecule has 7 unspecified atom stereocenters. The molecule has 0 amide bonds. The monoisotopic (exact) mass is 324 g/mol. The van der Waals surface area contributed by atoms with Gasteiger partial charge in [0.05, 0.1) is 6.10 Å². The van der Waals surface area contributed by atoms with E-state index in [1.165, 1.54) is 11.1 Å². The minimum atomic E-state index is -0.389. The van der Waals surface area contributed by atoms with Crippen LogP contribution in [0.1, 0.15) is 51.9 Å². The molecule has 4 rings (SSSR count). The minimum Gasteiger partial charge on any atom is -0.391 e. The Balaban J connectivity index is 1.72. The van der Waals surface area contributed by atoms with Gasteiger partial charge in [0, 0.05) is 17.8 Å². The maximum absolute atomic E-state index is 11.8. The third kappa shape index (κ3) is 2.04. The van der Waals surface area contributed by atoms with Crippen molar-refractivity contribution >= 4 is 5.78 Å². The number of rotatable bonds is 1. The molecule has 0 heterocycles. The fourth-order valence-electron chi connectivity index (χ4n) is 6.78. The maximum atomic E-state index is 11.8. The second-order valence-corrected chi connectivity index (χ2v) is 8.54. The second kappa shape index (κ2) is 5.60. The van der Waals surface area contributed by atoms with Gasteiger partial charge in [-0.05, 0) is 68.3 Å². The summed E-state index contributed by atoms with van der Waals surface area (Å²) < 4.78 is 0. The lowest BCUT2D eigenvalue weighted by Gasteiger charge is -2.55. The summed E-state index contributed by atoms with van der Waals surface area (Å²) in [6.07, 6.45) is 14.0. The molecule has 7 atom stereocenters. The van der Waals surface area contributed by atoms with Gasteiger partial charge in [0.2, 0.25) is 0 Å². The SMILES string of the molecule is C#CC1CC2C3CCC4=CC(=O)CCC4C3C(=C)CC2(CC)C1O. The van der Waals surface area contributed by atoms with E-state index in [-0.39, 0.29) is 17.4 Å². The Labute approximate surface area is 145 Å². The maximum Gasteiger partial charge on any atom is 0.155 e. The molecule has 1 N–H and O–H groups in total. The first-order valence-corrected chi connectivity index (χ1v) is 9.57. The van der Waals surface area contributed by atoms with Gasteiger partial charge < -0.3 is 5.11 Å². The summed E-state index contributed by atoms with van der Waals surface area (Å²) in [6, 6.07) is 0.